The van der Waals surface area contributed by atoms with E-state index < -0.39 is 0 Å². The predicted octanol–water partition coefficient (Wildman–Crippen LogP) is 4.97. The highest BCUT2D eigenvalue weighted by atomic mass is 127. The van der Waals surface area contributed by atoms with E-state index in [1.807, 2.05) is 36.4 Å². The maximum absolute atomic E-state index is 12.1. The van der Waals surface area contributed by atoms with Crippen molar-refractivity contribution in [2.75, 3.05) is 0 Å². The van der Waals surface area contributed by atoms with Gasteiger partial charge in [0.2, 0.25) is 0 Å². The number of benzene rings is 2. The van der Waals surface area contributed by atoms with Gasteiger partial charge in [-0.25, -0.2) is 0 Å². The molecule has 1 nitrogen and oxygen atoms in total. The van der Waals surface area contributed by atoms with E-state index in [1.165, 1.54) is 3.57 Å². The molecule has 0 bridgehead atoms. The monoisotopic (exact) mass is 482 g/mol. The molecule has 0 aliphatic heterocycles. The first kappa shape index (κ1) is 14.3. The molecular weight excluding hydrogens is 473 g/mol. The smallest absolute Gasteiger partial charge is 0.167 e. The van der Waals surface area contributed by atoms with Gasteiger partial charge < -0.3 is 0 Å². The van der Waals surface area contributed by atoms with E-state index in [2.05, 4.69) is 45.2 Å². The molecule has 0 saturated carbocycles. The minimum absolute atomic E-state index is 0.0921. The second kappa shape index (κ2) is 6.34. The number of halogens is 3. The molecule has 0 heterocycles. The fraction of sp³-hybridized carbons (Fsp3) is 0.0714. The molecule has 0 aliphatic rings. The summed E-state index contributed by atoms with van der Waals surface area (Å²) in [7, 11) is 0. The van der Waals surface area contributed by atoms with E-state index in [0.29, 0.717) is 17.0 Å². The number of Topliss-reactive ketones (excluding diaryl/α,β-unsaturated/α-hetero) is 1. The van der Waals surface area contributed by atoms with Crippen molar-refractivity contribution in [1.82, 2.24) is 0 Å². The first-order valence-corrected chi connectivity index (χ1v) is 7.82. The highest BCUT2D eigenvalue weighted by molar-refractivity contribution is 14.1. The lowest BCUT2D eigenvalue weighted by molar-refractivity contribution is 0.0993. The summed E-state index contributed by atoms with van der Waals surface area (Å²) in [4.78, 5) is 12.1. The van der Waals surface area contributed by atoms with Crippen LogP contribution in [0.4, 0.5) is 0 Å². The maximum atomic E-state index is 12.1. The Morgan fingerprint density at radius 3 is 2.33 bits per heavy atom. The van der Waals surface area contributed by atoms with E-state index in [4.69, 9.17) is 11.6 Å². The minimum atomic E-state index is 0.0921. The molecule has 0 amide bonds. The molecule has 0 unspecified atom stereocenters. The Morgan fingerprint density at radius 2 is 1.72 bits per heavy atom. The molecule has 0 radical (unpaired) electrons. The van der Waals surface area contributed by atoms with Crippen LogP contribution in [0, 0.1) is 7.14 Å². The molecule has 92 valence electrons. The van der Waals surface area contributed by atoms with Gasteiger partial charge in [0, 0.05) is 19.1 Å². The third-order valence-electron chi connectivity index (χ3n) is 2.52. The zero-order valence-corrected chi connectivity index (χ0v) is 14.4. The maximum Gasteiger partial charge on any atom is 0.167 e. The van der Waals surface area contributed by atoms with Crippen LogP contribution < -0.4 is 0 Å². The van der Waals surface area contributed by atoms with Crippen molar-refractivity contribution >= 4 is 62.6 Å². The number of carbonyl (C=O) groups is 1. The third kappa shape index (κ3) is 3.68. The van der Waals surface area contributed by atoms with Crippen LogP contribution in [-0.2, 0) is 6.42 Å². The Labute approximate surface area is 138 Å². The van der Waals surface area contributed by atoms with Gasteiger partial charge in [-0.3, -0.25) is 4.79 Å². The van der Waals surface area contributed by atoms with E-state index >= 15 is 0 Å². The largest absolute Gasteiger partial charge is 0.294 e. The van der Waals surface area contributed by atoms with Gasteiger partial charge in [0.15, 0.2) is 5.78 Å². The van der Waals surface area contributed by atoms with Crippen LogP contribution in [-0.4, -0.2) is 5.78 Å². The van der Waals surface area contributed by atoms with Crippen LogP contribution in [0.2, 0.25) is 5.02 Å². The van der Waals surface area contributed by atoms with Gasteiger partial charge >= 0.3 is 0 Å². The fourth-order valence-electron chi connectivity index (χ4n) is 1.56. The normalized spacial score (nSPS) is 10.4. The van der Waals surface area contributed by atoms with Crippen molar-refractivity contribution in [3.63, 3.8) is 0 Å². The molecule has 2 aromatic carbocycles. The Hall–Kier alpha value is -0.140. The van der Waals surface area contributed by atoms with Gasteiger partial charge in [-0.15, -0.1) is 0 Å². The predicted molar refractivity (Wildman–Crippen MR) is 91.4 cm³/mol. The molecule has 0 fully saturated rings. The summed E-state index contributed by atoms with van der Waals surface area (Å²) in [6, 6.07) is 13.4. The molecule has 0 spiro atoms. The third-order valence-corrected chi connectivity index (χ3v) is 4.81. The first-order chi connectivity index (χ1) is 8.56. The molecule has 2 rings (SSSR count). The van der Waals surface area contributed by atoms with Crippen LogP contribution in [0.15, 0.2) is 42.5 Å². The van der Waals surface area contributed by atoms with Crippen molar-refractivity contribution in [3.05, 3.63) is 65.8 Å². The number of hydrogen-bond acceptors (Lipinski definition) is 1. The highest BCUT2D eigenvalue weighted by Crippen LogP contribution is 2.20. The lowest BCUT2D eigenvalue weighted by Gasteiger charge is -2.03. The average molecular weight is 482 g/mol. The van der Waals surface area contributed by atoms with Crippen LogP contribution in [0.25, 0.3) is 0 Å². The summed E-state index contributed by atoms with van der Waals surface area (Å²) < 4.78 is 2.13. The molecule has 2 aromatic rings. The Balaban J connectivity index is 2.16. The Bertz CT molecular complexity index is 579. The molecule has 0 N–H and O–H groups in total. The van der Waals surface area contributed by atoms with Gasteiger partial charge in [0.25, 0.3) is 0 Å². The second-order valence-electron chi connectivity index (χ2n) is 3.86. The lowest BCUT2D eigenvalue weighted by atomic mass is 10.0. The fourth-order valence-corrected chi connectivity index (χ4v) is 2.43. The van der Waals surface area contributed by atoms with Crippen molar-refractivity contribution in [2.24, 2.45) is 0 Å². The van der Waals surface area contributed by atoms with Crippen molar-refractivity contribution in [1.29, 1.82) is 0 Å². The van der Waals surface area contributed by atoms with Gasteiger partial charge in [0.05, 0.1) is 5.02 Å². The van der Waals surface area contributed by atoms with Gasteiger partial charge in [0.1, 0.15) is 0 Å². The van der Waals surface area contributed by atoms with Crippen LogP contribution >= 0.6 is 56.8 Å². The first-order valence-electron chi connectivity index (χ1n) is 5.29. The molecule has 18 heavy (non-hydrogen) atoms. The summed E-state index contributed by atoms with van der Waals surface area (Å²) in [5.74, 6) is 0.0921. The van der Waals surface area contributed by atoms with E-state index in [1.54, 1.807) is 6.07 Å². The molecule has 4 heteroatoms. The summed E-state index contributed by atoms with van der Waals surface area (Å²) in [5, 5.41) is 0.629. The minimum Gasteiger partial charge on any atom is -0.294 e. The quantitative estimate of drug-likeness (QED) is 0.446. The number of rotatable bonds is 3. The number of hydrogen-bond donors (Lipinski definition) is 0. The summed E-state index contributed by atoms with van der Waals surface area (Å²) >= 11 is 10.4. The average Bonchev–Trinajstić information content (AvgIpc) is 2.35. The molecule has 0 aliphatic carbocycles. The summed E-state index contributed by atoms with van der Waals surface area (Å²) in [6.07, 6.45) is 0.411. The zero-order valence-electron chi connectivity index (χ0n) is 9.29. The SMILES string of the molecule is O=C(Cc1ccc(I)cc1)c1ccc(I)c(Cl)c1. The van der Waals surface area contributed by atoms with Crippen molar-refractivity contribution in [3.8, 4) is 0 Å². The van der Waals surface area contributed by atoms with Crippen LogP contribution in [0.5, 0.6) is 0 Å². The molecule has 0 atom stereocenters. The standard InChI is InChI=1S/C14H9ClI2O/c15-12-8-10(3-6-13(12)17)14(18)7-9-1-4-11(16)5-2-9/h1-6,8H,7H2. The van der Waals surface area contributed by atoms with Gasteiger partial charge in [-0.1, -0.05) is 29.8 Å². The van der Waals surface area contributed by atoms with Gasteiger partial charge in [-0.05, 0) is 75.0 Å². The number of ketones is 1. The van der Waals surface area contributed by atoms with E-state index in [9.17, 15) is 4.79 Å². The topological polar surface area (TPSA) is 17.1 Å². The molecular formula is C14H9ClI2O. The Morgan fingerprint density at radius 1 is 1.06 bits per heavy atom. The van der Waals surface area contributed by atoms with Crippen molar-refractivity contribution < 1.29 is 4.79 Å². The Kier molecular flexibility index (Phi) is 5.03. The van der Waals surface area contributed by atoms with Gasteiger partial charge in [-0.2, -0.15) is 0 Å². The van der Waals surface area contributed by atoms with Crippen LogP contribution in [0.3, 0.4) is 0 Å². The lowest BCUT2D eigenvalue weighted by Crippen LogP contribution is -2.03. The van der Waals surface area contributed by atoms with E-state index in [0.717, 1.165) is 9.13 Å². The van der Waals surface area contributed by atoms with Crippen molar-refractivity contribution in [2.45, 2.75) is 6.42 Å². The van der Waals surface area contributed by atoms with E-state index in [-0.39, 0.29) is 5.78 Å². The summed E-state index contributed by atoms with van der Waals surface area (Å²) in [5.41, 5.74) is 1.69. The van der Waals surface area contributed by atoms with Crippen LogP contribution in [0.1, 0.15) is 15.9 Å². The second-order valence-corrected chi connectivity index (χ2v) is 6.67. The molecule has 0 saturated heterocycles. The summed E-state index contributed by atoms with van der Waals surface area (Å²) in [6.45, 7) is 0. The zero-order chi connectivity index (χ0) is 13.1. The molecule has 0 aromatic heterocycles. The number of carbonyl (C=O) groups excluding carboxylic acids is 1. The highest BCUT2D eigenvalue weighted by Gasteiger charge is 2.09.